The van der Waals surface area contributed by atoms with Gasteiger partial charge in [0.2, 0.25) is 5.91 Å². The summed E-state index contributed by atoms with van der Waals surface area (Å²) in [5, 5.41) is 8.67. The maximum Gasteiger partial charge on any atom is 0.261 e. The first-order chi connectivity index (χ1) is 9.43. The van der Waals surface area contributed by atoms with Gasteiger partial charge in [-0.15, -0.1) is 0 Å². The molecule has 0 aliphatic carbocycles. The quantitative estimate of drug-likeness (QED) is 0.824. The zero-order valence-electron chi connectivity index (χ0n) is 11.5. The van der Waals surface area contributed by atoms with E-state index in [-0.39, 0.29) is 25.1 Å². The van der Waals surface area contributed by atoms with Crippen LogP contribution in [0.3, 0.4) is 0 Å². The molecule has 0 heterocycles. The third kappa shape index (κ3) is 4.61. The van der Waals surface area contributed by atoms with E-state index in [1.165, 1.54) is 4.90 Å². The predicted octanol–water partition coefficient (Wildman–Crippen LogP) is 0.659. The third-order valence-electron chi connectivity index (χ3n) is 2.62. The molecule has 1 aromatic carbocycles. The fourth-order valence-corrected chi connectivity index (χ4v) is 1.58. The van der Waals surface area contributed by atoms with E-state index in [9.17, 15) is 9.59 Å². The molecule has 0 aliphatic rings. The van der Waals surface area contributed by atoms with Gasteiger partial charge in [0.1, 0.15) is 5.75 Å². The van der Waals surface area contributed by atoms with Crippen molar-refractivity contribution in [1.82, 2.24) is 4.90 Å². The molecular formula is C14H17N3O3. The number of hydrogen-bond acceptors (Lipinski definition) is 4. The van der Waals surface area contributed by atoms with Crippen LogP contribution in [0.4, 0.5) is 0 Å². The number of nitrogens with two attached hydrogens (primary N) is 1. The molecule has 0 spiro atoms. The van der Waals surface area contributed by atoms with Crippen molar-refractivity contribution in [2.45, 2.75) is 19.9 Å². The van der Waals surface area contributed by atoms with Crippen LogP contribution in [0.1, 0.15) is 19.4 Å². The number of primary amides is 1. The first kappa shape index (κ1) is 15.5. The molecule has 0 fully saturated rings. The van der Waals surface area contributed by atoms with Crippen molar-refractivity contribution in [3.05, 3.63) is 29.8 Å². The van der Waals surface area contributed by atoms with Gasteiger partial charge in [-0.25, -0.2) is 0 Å². The number of benzene rings is 1. The summed E-state index contributed by atoms with van der Waals surface area (Å²) >= 11 is 0. The van der Waals surface area contributed by atoms with Gasteiger partial charge >= 0.3 is 0 Å². The summed E-state index contributed by atoms with van der Waals surface area (Å²) in [7, 11) is 0. The fourth-order valence-electron chi connectivity index (χ4n) is 1.58. The van der Waals surface area contributed by atoms with Crippen molar-refractivity contribution < 1.29 is 14.3 Å². The van der Waals surface area contributed by atoms with Gasteiger partial charge in [0.15, 0.2) is 6.61 Å². The molecule has 2 amide bonds. The Morgan fingerprint density at radius 1 is 1.35 bits per heavy atom. The number of nitrogens with zero attached hydrogens (tertiary/aromatic N) is 2. The summed E-state index contributed by atoms with van der Waals surface area (Å²) in [5.74, 6) is -0.395. The predicted molar refractivity (Wildman–Crippen MR) is 72.7 cm³/mol. The highest BCUT2D eigenvalue weighted by Gasteiger charge is 2.19. The third-order valence-corrected chi connectivity index (χ3v) is 2.62. The average Bonchev–Trinajstić information content (AvgIpc) is 2.42. The summed E-state index contributed by atoms with van der Waals surface area (Å²) < 4.78 is 5.33. The van der Waals surface area contributed by atoms with Crippen molar-refractivity contribution in [3.8, 4) is 11.8 Å². The van der Waals surface area contributed by atoms with Crippen LogP contribution < -0.4 is 10.5 Å². The second-order valence-electron chi connectivity index (χ2n) is 4.51. The highest BCUT2D eigenvalue weighted by atomic mass is 16.5. The van der Waals surface area contributed by atoms with E-state index < -0.39 is 5.91 Å². The van der Waals surface area contributed by atoms with Crippen molar-refractivity contribution >= 4 is 11.8 Å². The average molecular weight is 275 g/mol. The van der Waals surface area contributed by atoms with Crippen molar-refractivity contribution in [2.24, 2.45) is 5.73 Å². The van der Waals surface area contributed by atoms with Crippen molar-refractivity contribution in [3.63, 3.8) is 0 Å². The molecule has 6 nitrogen and oxygen atoms in total. The van der Waals surface area contributed by atoms with Gasteiger partial charge in [0.25, 0.3) is 5.91 Å². The minimum atomic E-state index is -0.564. The van der Waals surface area contributed by atoms with Gasteiger partial charge in [-0.1, -0.05) is 0 Å². The molecule has 0 bridgehead atoms. The molecule has 2 N–H and O–H groups in total. The zero-order chi connectivity index (χ0) is 15.1. The van der Waals surface area contributed by atoms with Crippen molar-refractivity contribution in [1.29, 1.82) is 5.26 Å². The van der Waals surface area contributed by atoms with Crippen LogP contribution >= 0.6 is 0 Å². The highest BCUT2D eigenvalue weighted by molar-refractivity contribution is 5.84. The summed E-state index contributed by atoms with van der Waals surface area (Å²) in [6, 6.07) is 8.28. The Balaban J connectivity index is 2.60. The minimum absolute atomic E-state index is 0.132. The normalized spacial score (nSPS) is 9.90. The number of ether oxygens (including phenoxy) is 1. The van der Waals surface area contributed by atoms with Gasteiger partial charge in [0, 0.05) is 6.04 Å². The summed E-state index contributed by atoms with van der Waals surface area (Å²) in [5.41, 5.74) is 5.62. The van der Waals surface area contributed by atoms with E-state index in [0.717, 1.165) is 0 Å². The molecule has 0 atom stereocenters. The molecule has 0 saturated heterocycles. The number of carbonyl (C=O) groups excluding carboxylic acids is 2. The Morgan fingerprint density at radius 2 is 1.95 bits per heavy atom. The Kier molecular flexibility index (Phi) is 5.54. The fraction of sp³-hybridized carbons (Fsp3) is 0.357. The van der Waals surface area contributed by atoms with Crippen LogP contribution in [0.25, 0.3) is 0 Å². The van der Waals surface area contributed by atoms with Gasteiger partial charge in [0.05, 0.1) is 18.2 Å². The second kappa shape index (κ2) is 7.14. The van der Waals surface area contributed by atoms with E-state index >= 15 is 0 Å². The maximum absolute atomic E-state index is 12.0. The van der Waals surface area contributed by atoms with Crippen LogP contribution in [0, 0.1) is 11.3 Å². The van der Waals surface area contributed by atoms with E-state index in [1.54, 1.807) is 38.1 Å². The number of nitriles is 1. The van der Waals surface area contributed by atoms with Crippen molar-refractivity contribution in [2.75, 3.05) is 13.2 Å². The first-order valence-electron chi connectivity index (χ1n) is 6.14. The number of amides is 2. The monoisotopic (exact) mass is 275 g/mol. The Labute approximate surface area is 117 Å². The van der Waals surface area contributed by atoms with E-state index in [4.69, 9.17) is 15.7 Å². The number of hydrogen-bond donors (Lipinski definition) is 1. The Bertz CT molecular complexity index is 517. The van der Waals surface area contributed by atoms with E-state index in [1.807, 2.05) is 6.07 Å². The SMILES string of the molecule is CC(C)N(CC(N)=O)C(=O)COc1ccc(C#N)cc1. The summed E-state index contributed by atoms with van der Waals surface area (Å²) in [6.07, 6.45) is 0. The summed E-state index contributed by atoms with van der Waals surface area (Å²) in [6.45, 7) is 3.27. The van der Waals surface area contributed by atoms with Gasteiger partial charge in [-0.2, -0.15) is 5.26 Å². The van der Waals surface area contributed by atoms with Crippen LogP contribution in [0.2, 0.25) is 0 Å². The smallest absolute Gasteiger partial charge is 0.261 e. The van der Waals surface area contributed by atoms with Gasteiger partial charge < -0.3 is 15.4 Å². The lowest BCUT2D eigenvalue weighted by atomic mass is 10.2. The maximum atomic E-state index is 12.0. The van der Waals surface area contributed by atoms with Crippen LogP contribution in [-0.4, -0.2) is 35.9 Å². The van der Waals surface area contributed by atoms with E-state index in [2.05, 4.69) is 0 Å². The molecule has 6 heteroatoms. The topological polar surface area (TPSA) is 96.4 Å². The minimum Gasteiger partial charge on any atom is -0.484 e. The van der Waals surface area contributed by atoms with Crippen LogP contribution in [0.5, 0.6) is 5.75 Å². The summed E-state index contributed by atoms with van der Waals surface area (Å²) in [4.78, 5) is 24.2. The van der Waals surface area contributed by atoms with Gasteiger partial charge in [-0.3, -0.25) is 9.59 Å². The molecule has 0 radical (unpaired) electrons. The van der Waals surface area contributed by atoms with Crippen LogP contribution in [0.15, 0.2) is 24.3 Å². The van der Waals surface area contributed by atoms with Gasteiger partial charge in [-0.05, 0) is 38.1 Å². The lowest BCUT2D eigenvalue weighted by Crippen LogP contribution is -2.44. The first-order valence-corrected chi connectivity index (χ1v) is 6.14. The highest BCUT2D eigenvalue weighted by Crippen LogP contribution is 2.12. The number of carbonyl (C=O) groups is 2. The molecule has 0 unspecified atom stereocenters. The molecule has 20 heavy (non-hydrogen) atoms. The standard InChI is InChI=1S/C14H17N3O3/c1-10(2)17(8-13(16)18)14(19)9-20-12-5-3-11(7-15)4-6-12/h3-6,10H,8-9H2,1-2H3,(H2,16,18). The molecule has 0 aliphatic heterocycles. The zero-order valence-corrected chi connectivity index (χ0v) is 11.5. The molecule has 1 rings (SSSR count). The molecule has 0 aromatic heterocycles. The Morgan fingerprint density at radius 3 is 2.40 bits per heavy atom. The lowest BCUT2D eigenvalue weighted by molar-refractivity contribution is -0.138. The molecule has 106 valence electrons. The van der Waals surface area contributed by atoms with E-state index in [0.29, 0.717) is 11.3 Å². The molecular weight excluding hydrogens is 258 g/mol. The second-order valence-corrected chi connectivity index (χ2v) is 4.51. The Hall–Kier alpha value is -2.55. The molecule has 0 saturated carbocycles. The number of rotatable bonds is 6. The largest absolute Gasteiger partial charge is 0.484 e. The lowest BCUT2D eigenvalue weighted by Gasteiger charge is -2.25. The van der Waals surface area contributed by atoms with Crippen LogP contribution in [-0.2, 0) is 9.59 Å². The molecule has 1 aromatic rings.